The van der Waals surface area contributed by atoms with E-state index in [-0.39, 0.29) is 5.91 Å². The normalized spacial score (nSPS) is 18.7. The number of halogens is 1. The van der Waals surface area contributed by atoms with Crippen molar-refractivity contribution in [3.63, 3.8) is 0 Å². The molecule has 3 rings (SSSR count). The SMILES string of the molecule is O=C(CCN1CCCCC1c1nccs1)Nc1ccccc1Cl. The summed E-state index contributed by atoms with van der Waals surface area (Å²) in [6.45, 7) is 1.78. The molecule has 0 saturated carbocycles. The summed E-state index contributed by atoms with van der Waals surface area (Å²) in [6.07, 6.45) is 5.87. The van der Waals surface area contributed by atoms with Crippen molar-refractivity contribution in [2.45, 2.75) is 31.7 Å². The van der Waals surface area contributed by atoms with Gasteiger partial charge >= 0.3 is 0 Å². The molecular formula is C17H20ClN3OS. The van der Waals surface area contributed by atoms with Crippen LogP contribution in [-0.4, -0.2) is 28.9 Å². The molecule has 122 valence electrons. The van der Waals surface area contributed by atoms with E-state index in [1.165, 1.54) is 12.8 Å². The molecule has 1 aromatic heterocycles. The molecule has 1 unspecified atom stereocenters. The van der Waals surface area contributed by atoms with Gasteiger partial charge in [-0.25, -0.2) is 4.98 Å². The van der Waals surface area contributed by atoms with Crippen molar-refractivity contribution in [2.75, 3.05) is 18.4 Å². The largest absolute Gasteiger partial charge is 0.325 e. The first kappa shape index (κ1) is 16.4. The van der Waals surface area contributed by atoms with Crippen molar-refractivity contribution in [2.24, 2.45) is 0 Å². The lowest BCUT2D eigenvalue weighted by Gasteiger charge is -2.34. The lowest BCUT2D eigenvalue weighted by atomic mass is 10.0. The van der Waals surface area contributed by atoms with Crippen molar-refractivity contribution in [1.29, 1.82) is 0 Å². The number of aromatic nitrogens is 1. The van der Waals surface area contributed by atoms with Gasteiger partial charge in [0.25, 0.3) is 0 Å². The van der Waals surface area contributed by atoms with Crippen molar-refractivity contribution in [1.82, 2.24) is 9.88 Å². The van der Waals surface area contributed by atoms with Gasteiger partial charge < -0.3 is 5.32 Å². The molecule has 1 fully saturated rings. The maximum absolute atomic E-state index is 12.2. The van der Waals surface area contributed by atoms with Crippen LogP contribution < -0.4 is 5.32 Å². The second-order valence-electron chi connectivity index (χ2n) is 5.70. The van der Waals surface area contributed by atoms with Crippen LogP contribution in [0.1, 0.15) is 36.7 Å². The number of rotatable bonds is 5. The van der Waals surface area contributed by atoms with Gasteiger partial charge in [0.1, 0.15) is 5.01 Å². The first-order valence-corrected chi connectivity index (χ1v) is 9.17. The van der Waals surface area contributed by atoms with Crippen LogP contribution in [0, 0.1) is 0 Å². The second-order valence-corrected chi connectivity index (χ2v) is 7.03. The van der Waals surface area contributed by atoms with Crippen molar-refractivity contribution < 1.29 is 4.79 Å². The lowest BCUT2D eigenvalue weighted by Crippen LogP contribution is -2.35. The van der Waals surface area contributed by atoms with Crippen LogP contribution in [0.4, 0.5) is 5.69 Å². The number of likely N-dealkylation sites (tertiary alicyclic amines) is 1. The van der Waals surface area contributed by atoms with Crippen LogP contribution in [-0.2, 0) is 4.79 Å². The van der Waals surface area contributed by atoms with Crippen LogP contribution in [0.3, 0.4) is 0 Å². The summed E-state index contributed by atoms with van der Waals surface area (Å²) in [5.74, 6) is 0.00145. The number of carbonyl (C=O) groups is 1. The Morgan fingerprint density at radius 2 is 2.26 bits per heavy atom. The topological polar surface area (TPSA) is 45.2 Å². The number of amides is 1. The molecule has 0 spiro atoms. The van der Waals surface area contributed by atoms with Gasteiger partial charge in [-0.05, 0) is 31.5 Å². The van der Waals surface area contributed by atoms with Crippen LogP contribution in [0.25, 0.3) is 0 Å². The molecule has 1 N–H and O–H groups in total. The minimum absolute atomic E-state index is 0.00145. The Morgan fingerprint density at radius 3 is 3.04 bits per heavy atom. The van der Waals surface area contributed by atoms with E-state index < -0.39 is 0 Å². The molecule has 2 aromatic rings. The fourth-order valence-corrected chi connectivity index (χ4v) is 3.95. The molecule has 6 heteroatoms. The lowest BCUT2D eigenvalue weighted by molar-refractivity contribution is -0.116. The number of piperidine rings is 1. The third-order valence-corrected chi connectivity index (χ3v) is 5.33. The Bertz CT molecular complexity index is 647. The average Bonchev–Trinajstić information content (AvgIpc) is 3.10. The second kappa shape index (κ2) is 7.90. The fourth-order valence-electron chi connectivity index (χ4n) is 2.96. The van der Waals surface area contributed by atoms with Crippen LogP contribution in [0.2, 0.25) is 5.02 Å². The third kappa shape index (κ3) is 4.31. The molecule has 23 heavy (non-hydrogen) atoms. The molecule has 1 atom stereocenters. The fraction of sp³-hybridized carbons (Fsp3) is 0.412. The molecule has 1 amide bonds. The summed E-state index contributed by atoms with van der Waals surface area (Å²) in [5, 5.41) is 6.64. The van der Waals surface area contributed by atoms with Crippen molar-refractivity contribution in [3.05, 3.63) is 45.9 Å². The monoisotopic (exact) mass is 349 g/mol. The zero-order valence-corrected chi connectivity index (χ0v) is 14.4. The van der Waals surface area contributed by atoms with E-state index in [1.54, 1.807) is 17.4 Å². The van der Waals surface area contributed by atoms with Gasteiger partial charge in [-0.2, -0.15) is 0 Å². The zero-order chi connectivity index (χ0) is 16.1. The first-order valence-electron chi connectivity index (χ1n) is 7.92. The van der Waals surface area contributed by atoms with E-state index in [4.69, 9.17) is 11.6 Å². The smallest absolute Gasteiger partial charge is 0.225 e. The van der Waals surface area contributed by atoms with E-state index >= 15 is 0 Å². The molecule has 1 aliphatic rings. The van der Waals surface area contributed by atoms with Gasteiger partial charge in [-0.1, -0.05) is 30.2 Å². The van der Waals surface area contributed by atoms with Crippen molar-refractivity contribution >= 4 is 34.5 Å². The highest BCUT2D eigenvalue weighted by atomic mass is 35.5. The maximum atomic E-state index is 12.2. The highest BCUT2D eigenvalue weighted by molar-refractivity contribution is 7.09. The molecule has 0 bridgehead atoms. The standard InChI is InChI=1S/C17H20ClN3OS/c18-13-5-1-2-6-14(13)20-16(22)8-11-21-10-4-3-7-15(21)17-19-9-12-23-17/h1-2,5-6,9,12,15H,3-4,7-8,10-11H2,(H,20,22). The van der Waals surface area contributed by atoms with E-state index in [1.807, 2.05) is 29.8 Å². The quantitative estimate of drug-likeness (QED) is 0.872. The maximum Gasteiger partial charge on any atom is 0.225 e. The van der Waals surface area contributed by atoms with Gasteiger partial charge in [0.2, 0.25) is 5.91 Å². The Hall–Kier alpha value is -1.43. The Kier molecular flexibility index (Phi) is 5.65. The van der Waals surface area contributed by atoms with Crippen LogP contribution in [0.5, 0.6) is 0 Å². The van der Waals surface area contributed by atoms with E-state index in [0.29, 0.717) is 23.2 Å². The van der Waals surface area contributed by atoms with Gasteiger partial charge in [0.05, 0.1) is 16.8 Å². The molecule has 1 saturated heterocycles. The number of hydrogen-bond acceptors (Lipinski definition) is 4. The highest BCUT2D eigenvalue weighted by Crippen LogP contribution is 2.32. The summed E-state index contributed by atoms with van der Waals surface area (Å²) < 4.78 is 0. The summed E-state index contributed by atoms with van der Waals surface area (Å²) in [6, 6.07) is 7.67. The Labute approximate surface area is 145 Å². The summed E-state index contributed by atoms with van der Waals surface area (Å²) in [4.78, 5) is 19.0. The summed E-state index contributed by atoms with van der Waals surface area (Å²) >= 11 is 7.78. The number of anilines is 1. The van der Waals surface area contributed by atoms with E-state index in [2.05, 4.69) is 15.2 Å². The number of hydrogen-bond donors (Lipinski definition) is 1. The average molecular weight is 350 g/mol. The van der Waals surface area contributed by atoms with Gasteiger partial charge in [0.15, 0.2) is 0 Å². The van der Waals surface area contributed by atoms with Crippen molar-refractivity contribution in [3.8, 4) is 0 Å². The predicted molar refractivity (Wildman–Crippen MR) is 95.0 cm³/mol. The Balaban J connectivity index is 1.56. The Morgan fingerprint density at radius 1 is 1.39 bits per heavy atom. The number of nitrogens with zero attached hydrogens (tertiary/aromatic N) is 2. The van der Waals surface area contributed by atoms with Crippen LogP contribution in [0.15, 0.2) is 35.8 Å². The molecule has 1 aliphatic heterocycles. The van der Waals surface area contributed by atoms with E-state index in [0.717, 1.165) is 24.5 Å². The molecular weight excluding hydrogens is 330 g/mol. The molecule has 0 radical (unpaired) electrons. The molecule has 0 aliphatic carbocycles. The van der Waals surface area contributed by atoms with Gasteiger partial charge in [-0.15, -0.1) is 11.3 Å². The van der Waals surface area contributed by atoms with Gasteiger partial charge in [0, 0.05) is 24.5 Å². The number of nitrogens with one attached hydrogen (secondary N) is 1. The molecule has 1 aromatic carbocycles. The molecule has 4 nitrogen and oxygen atoms in total. The van der Waals surface area contributed by atoms with E-state index in [9.17, 15) is 4.79 Å². The minimum atomic E-state index is 0.00145. The number of benzene rings is 1. The highest BCUT2D eigenvalue weighted by Gasteiger charge is 2.25. The zero-order valence-electron chi connectivity index (χ0n) is 12.9. The number of thiazole rings is 1. The summed E-state index contributed by atoms with van der Waals surface area (Å²) in [7, 11) is 0. The number of carbonyl (C=O) groups excluding carboxylic acids is 1. The summed E-state index contributed by atoms with van der Waals surface area (Å²) in [5.41, 5.74) is 0.675. The predicted octanol–water partition coefficient (Wildman–Crippen LogP) is 4.35. The minimum Gasteiger partial charge on any atom is -0.325 e. The number of para-hydroxylation sites is 1. The van der Waals surface area contributed by atoms with Gasteiger partial charge in [-0.3, -0.25) is 9.69 Å². The molecule has 2 heterocycles. The van der Waals surface area contributed by atoms with Crippen LogP contribution >= 0.6 is 22.9 Å². The first-order chi connectivity index (χ1) is 11.2. The third-order valence-electron chi connectivity index (χ3n) is 4.12.